The van der Waals surface area contributed by atoms with Gasteiger partial charge in [0.1, 0.15) is 11.6 Å². The van der Waals surface area contributed by atoms with Crippen molar-refractivity contribution >= 4 is 17.6 Å². The number of ether oxygens (including phenoxy) is 1. The number of carbonyl (C=O) groups excluding carboxylic acids is 2. The van der Waals surface area contributed by atoms with Gasteiger partial charge in [-0.05, 0) is 35.4 Å². The van der Waals surface area contributed by atoms with Crippen molar-refractivity contribution in [1.82, 2.24) is 4.98 Å². The Kier molecular flexibility index (Phi) is 7.07. The van der Waals surface area contributed by atoms with Gasteiger partial charge in [-0.2, -0.15) is 0 Å². The summed E-state index contributed by atoms with van der Waals surface area (Å²) in [6.07, 6.45) is 1.32. The summed E-state index contributed by atoms with van der Waals surface area (Å²) < 4.78 is 37.3. The standard InChI is InChI=1S/C26H20F2N2O4/c27-19-8-11-21(22(28)14-19)23-15-29-25(34-23)12-13-26(32)33-16-24(31)30-20-9-6-18(7-10-20)17-4-2-1-3-5-17/h1-11,14-15H,12-13,16H2,(H,30,31). The Morgan fingerprint density at radius 2 is 1.68 bits per heavy atom. The Hall–Kier alpha value is -4.33. The highest BCUT2D eigenvalue weighted by molar-refractivity contribution is 5.93. The summed E-state index contributed by atoms with van der Waals surface area (Å²) in [6, 6.07) is 20.3. The van der Waals surface area contributed by atoms with Crippen LogP contribution in [0.25, 0.3) is 22.5 Å². The summed E-state index contributed by atoms with van der Waals surface area (Å²) in [5.41, 5.74) is 2.73. The van der Waals surface area contributed by atoms with Crippen LogP contribution < -0.4 is 5.32 Å². The second-order valence-corrected chi connectivity index (χ2v) is 7.39. The lowest BCUT2D eigenvalue weighted by Crippen LogP contribution is -2.21. The van der Waals surface area contributed by atoms with Crippen LogP contribution in [0.3, 0.4) is 0 Å². The molecule has 4 rings (SSSR count). The number of rotatable bonds is 8. The van der Waals surface area contributed by atoms with Crippen molar-refractivity contribution in [3.8, 4) is 22.5 Å². The molecule has 8 heteroatoms. The molecule has 1 N–H and O–H groups in total. The zero-order valence-electron chi connectivity index (χ0n) is 18.0. The third-order valence-electron chi connectivity index (χ3n) is 4.93. The average molecular weight is 462 g/mol. The lowest BCUT2D eigenvalue weighted by Gasteiger charge is -2.07. The first-order valence-electron chi connectivity index (χ1n) is 10.5. The maximum Gasteiger partial charge on any atom is 0.306 e. The normalized spacial score (nSPS) is 10.6. The van der Waals surface area contributed by atoms with E-state index in [1.807, 2.05) is 42.5 Å². The average Bonchev–Trinajstić information content (AvgIpc) is 3.31. The van der Waals surface area contributed by atoms with Gasteiger partial charge in [-0.15, -0.1) is 0 Å². The van der Waals surface area contributed by atoms with Crippen molar-refractivity contribution in [3.05, 3.63) is 96.5 Å². The van der Waals surface area contributed by atoms with E-state index in [-0.39, 0.29) is 30.1 Å². The molecule has 172 valence electrons. The fraction of sp³-hybridized carbons (Fsp3) is 0.115. The van der Waals surface area contributed by atoms with Crippen LogP contribution in [0.4, 0.5) is 14.5 Å². The predicted octanol–water partition coefficient (Wildman–Crippen LogP) is 5.40. The van der Waals surface area contributed by atoms with Gasteiger partial charge in [-0.25, -0.2) is 13.8 Å². The van der Waals surface area contributed by atoms with Crippen LogP contribution in [-0.4, -0.2) is 23.5 Å². The van der Waals surface area contributed by atoms with Gasteiger partial charge in [0.05, 0.1) is 18.2 Å². The van der Waals surface area contributed by atoms with E-state index in [1.54, 1.807) is 12.1 Å². The van der Waals surface area contributed by atoms with Crippen molar-refractivity contribution in [2.24, 2.45) is 0 Å². The summed E-state index contributed by atoms with van der Waals surface area (Å²) in [6.45, 7) is -0.434. The third-order valence-corrected chi connectivity index (χ3v) is 4.93. The number of amides is 1. The topological polar surface area (TPSA) is 81.4 Å². The van der Waals surface area contributed by atoms with Gasteiger partial charge in [0, 0.05) is 18.2 Å². The van der Waals surface area contributed by atoms with Gasteiger partial charge in [0.15, 0.2) is 18.3 Å². The molecule has 0 aliphatic carbocycles. The Balaban J connectivity index is 1.22. The molecule has 34 heavy (non-hydrogen) atoms. The molecular weight excluding hydrogens is 442 g/mol. The first-order chi connectivity index (χ1) is 16.5. The summed E-state index contributed by atoms with van der Waals surface area (Å²) in [5.74, 6) is -2.23. The minimum atomic E-state index is -0.775. The second kappa shape index (κ2) is 10.5. The van der Waals surface area contributed by atoms with E-state index in [2.05, 4.69) is 10.3 Å². The number of nitrogens with one attached hydrogen (secondary N) is 1. The number of benzene rings is 3. The van der Waals surface area contributed by atoms with Crippen LogP contribution in [0.1, 0.15) is 12.3 Å². The van der Waals surface area contributed by atoms with Crippen molar-refractivity contribution in [1.29, 1.82) is 0 Å². The molecule has 1 amide bonds. The van der Waals surface area contributed by atoms with E-state index < -0.39 is 30.1 Å². The molecule has 0 spiro atoms. The second-order valence-electron chi connectivity index (χ2n) is 7.39. The molecule has 0 unspecified atom stereocenters. The molecule has 0 aliphatic heterocycles. The van der Waals surface area contributed by atoms with E-state index >= 15 is 0 Å². The number of aryl methyl sites for hydroxylation is 1. The highest BCUT2D eigenvalue weighted by Crippen LogP contribution is 2.25. The zero-order valence-corrected chi connectivity index (χ0v) is 18.0. The van der Waals surface area contributed by atoms with E-state index in [0.717, 1.165) is 23.3 Å². The van der Waals surface area contributed by atoms with Gasteiger partial charge in [0.2, 0.25) is 0 Å². The van der Waals surface area contributed by atoms with Crippen molar-refractivity contribution in [2.75, 3.05) is 11.9 Å². The fourth-order valence-corrected chi connectivity index (χ4v) is 3.24. The molecule has 0 bridgehead atoms. The molecule has 4 aromatic rings. The van der Waals surface area contributed by atoms with Gasteiger partial charge in [0.25, 0.3) is 5.91 Å². The summed E-state index contributed by atoms with van der Waals surface area (Å²) in [5, 5.41) is 2.67. The lowest BCUT2D eigenvalue weighted by atomic mass is 10.1. The number of aromatic nitrogens is 1. The molecule has 0 fully saturated rings. The molecule has 1 heterocycles. The fourth-order valence-electron chi connectivity index (χ4n) is 3.24. The monoisotopic (exact) mass is 462 g/mol. The lowest BCUT2D eigenvalue weighted by molar-refractivity contribution is -0.147. The van der Waals surface area contributed by atoms with Gasteiger partial charge < -0.3 is 14.5 Å². The van der Waals surface area contributed by atoms with Crippen LogP contribution in [0.2, 0.25) is 0 Å². The molecule has 0 aliphatic rings. The molecule has 0 saturated heterocycles. The molecule has 0 radical (unpaired) electrons. The number of esters is 1. The highest BCUT2D eigenvalue weighted by Gasteiger charge is 2.14. The summed E-state index contributed by atoms with van der Waals surface area (Å²) >= 11 is 0. The Bertz CT molecular complexity index is 1290. The smallest absolute Gasteiger partial charge is 0.306 e. The largest absolute Gasteiger partial charge is 0.456 e. The summed E-state index contributed by atoms with van der Waals surface area (Å²) in [7, 11) is 0. The minimum Gasteiger partial charge on any atom is -0.456 e. The van der Waals surface area contributed by atoms with E-state index in [4.69, 9.17) is 9.15 Å². The molecule has 3 aromatic carbocycles. The number of oxazole rings is 1. The van der Waals surface area contributed by atoms with Crippen LogP contribution in [-0.2, 0) is 20.7 Å². The van der Waals surface area contributed by atoms with Crippen molar-refractivity contribution in [2.45, 2.75) is 12.8 Å². The van der Waals surface area contributed by atoms with Gasteiger partial charge in [-0.1, -0.05) is 42.5 Å². The number of carbonyl (C=O) groups is 2. The number of nitrogens with zero attached hydrogens (tertiary/aromatic N) is 1. The van der Waals surface area contributed by atoms with E-state index in [9.17, 15) is 18.4 Å². The highest BCUT2D eigenvalue weighted by atomic mass is 19.1. The predicted molar refractivity (Wildman–Crippen MR) is 122 cm³/mol. The Labute approximate surface area is 194 Å². The quantitative estimate of drug-likeness (QED) is 0.355. The van der Waals surface area contributed by atoms with E-state index in [0.29, 0.717) is 5.69 Å². The van der Waals surface area contributed by atoms with Gasteiger partial charge >= 0.3 is 5.97 Å². The molecule has 0 atom stereocenters. The number of hydrogen-bond donors (Lipinski definition) is 1. The SMILES string of the molecule is O=C(COC(=O)CCc1ncc(-c2ccc(F)cc2F)o1)Nc1ccc(-c2ccccc2)cc1. The molecule has 0 saturated carbocycles. The maximum atomic E-state index is 13.8. The van der Waals surface area contributed by atoms with Gasteiger partial charge in [-0.3, -0.25) is 9.59 Å². The van der Waals surface area contributed by atoms with Crippen LogP contribution in [0.5, 0.6) is 0 Å². The van der Waals surface area contributed by atoms with Crippen LogP contribution >= 0.6 is 0 Å². The Morgan fingerprint density at radius 1 is 0.941 bits per heavy atom. The first-order valence-corrected chi connectivity index (χ1v) is 10.5. The molecule has 6 nitrogen and oxygen atoms in total. The first kappa shape index (κ1) is 22.8. The van der Waals surface area contributed by atoms with Crippen molar-refractivity contribution in [3.63, 3.8) is 0 Å². The van der Waals surface area contributed by atoms with Crippen LogP contribution in [0.15, 0.2) is 83.4 Å². The van der Waals surface area contributed by atoms with E-state index in [1.165, 1.54) is 12.3 Å². The third kappa shape index (κ3) is 5.92. The minimum absolute atomic E-state index is 0.0659. The Morgan fingerprint density at radius 3 is 2.41 bits per heavy atom. The molecule has 1 aromatic heterocycles. The van der Waals surface area contributed by atoms with Crippen LogP contribution in [0, 0.1) is 11.6 Å². The zero-order chi connectivity index (χ0) is 23.9. The number of anilines is 1. The van der Waals surface area contributed by atoms with Crippen molar-refractivity contribution < 1.29 is 27.5 Å². The molecular formula is C26H20F2N2O4. The number of halogens is 2. The maximum absolute atomic E-state index is 13.8. The number of hydrogen-bond acceptors (Lipinski definition) is 5. The summed E-state index contributed by atoms with van der Waals surface area (Å²) in [4.78, 5) is 28.0.